The summed E-state index contributed by atoms with van der Waals surface area (Å²) in [5.41, 5.74) is 4.12. The highest BCUT2D eigenvalue weighted by molar-refractivity contribution is 6.12. The number of rotatable bonds is 1. The molecule has 0 saturated heterocycles. The van der Waals surface area contributed by atoms with Crippen LogP contribution in [0.2, 0.25) is 0 Å². The number of fused-ring (bicyclic) bond motifs is 1. The van der Waals surface area contributed by atoms with Crippen molar-refractivity contribution >= 4 is 11.5 Å². The Labute approximate surface area is 90.6 Å². The van der Waals surface area contributed by atoms with E-state index < -0.39 is 0 Å². The van der Waals surface area contributed by atoms with E-state index in [1.165, 1.54) is 0 Å². The third kappa shape index (κ3) is 1.83. The maximum atomic E-state index is 12.0. The van der Waals surface area contributed by atoms with Gasteiger partial charge in [-0.1, -0.05) is 19.9 Å². The van der Waals surface area contributed by atoms with Crippen molar-refractivity contribution in [3.05, 3.63) is 12.2 Å². The molecule has 1 saturated carbocycles. The molecule has 0 aromatic heterocycles. The second-order valence-electron chi connectivity index (χ2n) is 5.26. The molecule has 1 aliphatic carbocycles. The molecule has 2 atom stereocenters. The van der Waals surface area contributed by atoms with Gasteiger partial charge in [-0.25, -0.2) is 0 Å². The van der Waals surface area contributed by atoms with Gasteiger partial charge in [0.25, 0.3) is 0 Å². The maximum Gasteiger partial charge on any atom is 0.144 e. The zero-order valence-electron chi connectivity index (χ0n) is 9.58. The monoisotopic (exact) mass is 206 g/mol. The number of ketones is 1. The molecule has 15 heavy (non-hydrogen) atoms. The summed E-state index contributed by atoms with van der Waals surface area (Å²) in [4.78, 5) is 12.0. The summed E-state index contributed by atoms with van der Waals surface area (Å²) in [6, 6.07) is 0.215. The first-order chi connectivity index (χ1) is 7.03. The minimum absolute atomic E-state index is 0.00535. The van der Waals surface area contributed by atoms with Gasteiger partial charge < -0.3 is 5.43 Å². The maximum absolute atomic E-state index is 12.0. The molecule has 0 unspecified atom stereocenters. The van der Waals surface area contributed by atoms with Crippen LogP contribution in [-0.2, 0) is 4.79 Å². The normalized spacial score (nSPS) is 33.8. The molecule has 3 nitrogen and oxygen atoms in total. The quantitative estimate of drug-likeness (QED) is 0.712. The van der Waals surface area contributed by atoms with Crippen molar-refractivity contribution in [2.24, 2.45) is 16.4 Å². The van der Waals surface area contributed by atoms with Crippen LogP contribution < -0.4 is 5.43 Å². The van der Waals surface area contributed by atoms with E-state index in [1.54, 1.807) is 0 Å². The number of Topliss-reactive ketones (excluding diaryl/α,β-unsaturated/α-hetero) is 1. The largest absolute Gasteiger partial charge is 0.306 e. The van der Waals surface area contributed by atoms with Gasteiger partial charge >= 0.3 is 0 Å². The predicted octanol–water partition coefficient (Wildman–Crippen LogP) is 1.90. The summed E-state index contributed by atoms with van der Waals surface area (Å²) in [5, 5.41) is 4.24. The number of nitrogens with one attached hydrogen (secondary N) is 1. The number of carbonyl (C=O) groups is 1. The fourth-order valence-electron chi connectivity index (χ4n) is 2.62. The van der Waals surface area contributed by atoms with Gasteiger partial charge in [-0.05, 0) is 24.8 Å². The summed E-state index contributed by atoms with van der Waals surface area (Å²) in [7, 11) is 0. The Balaban J connectivity index is 2.21. The third-order valence-electron chi connectivity index (χ3n) is 3.19. The van der Waals surface area contributed by atoms with Gasteiger partial charge in [0, 0.05) is 6.42 Å². The van der Waals surface area contributed by atoms with Crippen molar-refractivity contribution in [3.8, 4) is 0 Å². The van der Waals surface area contributed by atoms with Crippen molar-refractivity contribution in [2.45, 2.75) is 39.7 Å². The van der Waals surface area contributed by atoms with Crippen LogP contribution in [0.5, 0.6) is 0 Å². The first-order valence-corrected chi connectivity index (χ1v) is 5.52. The van der Waals surface area contributed by atoms with Crippen LogP contribution in [0, 0.1) is 11.3 Å². The van der Waals surface area contributed by atoms with E-state index in [1.807, 2.05) is 19.1 Å². The Kier molecular flexibility index (Phi) is 2.41. The summed E-state index contributed by atoms with van der Waals surface area (Å²) in [6.45, 7) is 6.25. The number of nitrogens with zero attached hydrogens (tertiary/aromatic N) is 1. The van der Waals surface area contributed by atoms with Crippen molar-refractivity contribution in [3.63, 3.8) is 0 Å². The van der Waals surface area contributed by atoms with Crippen molar-refractivity contribution < 1.29 is 4.79 Å². The van der Waals surface area contributed by atoms with Gasteiger partial charge in [0.05, 0.1) is 17.7 Å². The molecular weight excluding hydrogens is 188 g/mol. The molecular formula is C12H18N2O. The molecule has 1 aliphatic heterocycles. The topological polar surface area (TPSA) is 41.5 Å². The summed E-state index contributed by atoms with van der Waals surface area (Å²) in [5.74, 6) is 0.326. The lowest BCUT2D eigenvalue weighted by atomic mass is 9.69. The molecule has 1 fully saturated rings. The summed E-state index contributed by atoms with van der Waals surface area (Å²) >= 11 is 0. The number of hydrogen-bond acceptors (Lipinski definition) is 3. The molecule has 0 aromatic rings. The Morgan fingerprint density at radius 2 is 2.27 bits per heavy atom. The highest BCUT2D eigenvalue weighted by atomic mass is 16.1. The van der Waals surface area contributed by atoms with E-state index in [0.29, 0.717) is 12.2 Å². The molecule has 0 radical (unpaired) electrons. The van der Waals surface area contributed by atoms with Crippen LogP contribution in [0.3, 0.4) is 0 Å². The van der Waals surface area contributed by atoms with Gasteiger partial charge in [0.2, 0.25) is 0 Å². The molecule has 1 N–H and O–H groups in total. The second-order valence-corrected chi connectivity index (χ2v) is 5.26. The van der Waals surface area contributed by atoms with Crippen molar-refractivity contribution in [1.29, 1.82) is 0 Å². The first-order valence-electron chi connectivity index (χ1n) is 5.52. The molecule has 3 heteroatoms. The van der Waals surface area contributed by atoms with Crippen LogP contribution in [-0.4, -0.2) is 17.5 Å². The highest BCUT2D eigenvalue weighted by Crippen LogP contribution is 2.38. The number of carbonyl (C=O) groups excluding carboxylic acids is 1. The Bertz CT molecular complexity index is 342. The molecule has 0 aromatic carbocycles. The Morgan fingerprint density at radius 3 is 2.93 bits per heavy atom. The van der Waals surface area contributed by atoms with Crippen LogP contribution in [0.4, 0.5) is 0 Å². The fraction of sp³-hybridized carbons (Fsp3) is 0.667. The lowest BCUT2D eigenvalue weighted by molar-refractivity contribution is -0.126. The number of hydrogen-bond donors (Lipinski definition) is 1. The standard InChI is InChI=1S/C12H18N2O/c1-4-5-8-11-9(14-13-8)6-12(2,3)7-10(11)15/h4-5,9,11,14H,6-7H2,1-3H3/b5-4+/t9-,11+/m1/s1. The molecule has 0 amide bonds. The van der Waals surface area contributed by atoms with Crippen molar-refractivity contribution in [1.82, 2.24) is 5.43 Å². The highest BCUT2D eigenvalue weighted by Gasteiger charge is 2.44. The van der Waals surface area contributed by atoms with E-state index in [4.69, 9.17) is 0 Å². The lowest BCUT2D eigenvalue weighted by Crippen LogP contribution is -2.45. The number of hydrazone groups is 1. The average Bonchev–Trinajstić information content (AvgIpc) is 2.46. The molecule has 0 bridgehead atoms. The summed E-state index contributed by atoms with van der Waals surface area (Å²) in [6.07, 6.45) is 5.57. The van der Waals surface area contributed by atoms with Crippen LogP contribution in [0.25, 0.3) is 0 Å². The zero-order chi connectivity index (χ0) is 11.1. The van der Waals surface area contributed by atoms with Gasteiger partial charge in [-0.15, -0.1) is 0 Å². The first kappa shape index (κ1) is 10.4. The van der Waals surface area contributed by atoms with Crippen LogP contribution in [0.15, 0.2) is 17.3 Å². The van der Waals surface area contributed by atoms with Gasteiger partial charge in [0.15, 0.2) is 0 Å². The summed E-state index contributed by atoms with van der Waals surface area (Å²) < 4.78 is 0. The van der Waals surface area contributed by atoms with E-state index in [0.717, 1.165) is 12.1 Å². The van der Waals surface area contributed by atoms with E-state index >= 15 is 0 Å². The third-order valence-corrected chi connectivity index (χ3v) is 3.19. The fourth-order valence-corrected chi connectivity index (χ4v) is 2.62. The van der Waals surface area contributed by atoms with Crippen molar-refractivity contribution in [2.75, 3.05) is 0 Å². The SMILES string of the molecule is C/C=C/C1=NN[C@@H]2CC(C)(C)CC(=O)[C@@H]12. The Morgan fingerprint density at radius 1 is 1.53 bits per heavy atom. The lowest BCUT2D eigenvalue weighted by Gasteiger charge is -2.35. The van der Waals surface area contributed by atoms with Gasteiger partial charge in [0.1, 0.15) is 5.78 Å². The average molecular weight is 206 g/mol. The predicted molar refractivity (Wildman–Crippen MR) is 60.7 cm³/mol. The van der Waals surface area contributed by atoms with Gasteiger partial charge in [-0.3, -0.25) is 4.79 Å². The smallest absolute Gasteiger partial charge is 0.144 e. The Hall–Kier alpha value is -1.12. The molecule has 82 valence electrons. The zero-order valence-corrected chi connectivity index (χ0v) is 9.58. The van der Waals surface area contributed by atoms with Crippen LogP contribution >= 0.6 is 0 Å². The van der Waals surface area contributed by atoms with E-state index in [9.17, 15) is 4.79 Å². The minimum Gasteiger partial charge on any atom is -0.306 e. The molecule has 2 rings (SSSR count). The van der Waals surface area contributed by atoms with E-state index in [2.05, 4.69) is 24.4 Å². The number of allylic oxidation sites excluding steroid dienone is 2. The molecule has 0 spiro atoms. The molecule has 2 aliphatic rings. The van der Waals surface area contributed by atoms with E-state index in [-0.39, 0.29) is 17.4 Å². The minimum atomic E-state index is -0.00535. The molecule has 1 heterocycles. The van der Waals surface area contributed by atoms with Crippen LogP contribution in [0.1, 0.15) is 33.6 Å². The second kappa shape index (κ2) is 3.47. The van der Waals surface area contributed by atoms with Gasteiger partial charge in [-0.2, -0.15) is 5.10 Å².